The summed E-state index contributed by atoms with van der Waals surface area (Å²) < 4.78 is 22.2. The van der Waals surface area contributed by atoms with E-state index in [-0.39, 0.29) is 47.6 Å². The van der Waals surface area contributed by atoms with E-state index in [1.807, 2.05) is 56.3 Å². The van der Waals surface area contributed by atoms with Crippen LogP contribution < -0.4 is 14.2 Å². The first-order chi connectivity index (χ1) is 21.3. The predicted octanol–water partition coefficient (Wildman–Crippen LogP) is 7.57. The van der Waals surface area contributed by atoms with Gasteiger partial charge in [-0.3, -0.25) is 4.79 Å². The Morgan fingerprint density at radius 3 is 1.93 bits per heavy atom. The number of fused-ring (bicyclic) bond motifs is 2. The lowest BCUT2D eigenvalue weighted by Gasteiger charge is -2.47. The molecule has 0 aromatic heterocycles. The molecule has 0 bridgehead atoms. The first kappa shape index (κ1) is 30.1. The van der Waals surface area contributed by atoms with Gasteiger partial charge >= 0.3 is 5.97 Å². The van der Waals surface area contributed by atoms with Crippen molar-refractivity contribution >= 4 is 29.5 Å². The van der Waals surface area contributed by atoms with E-state index in [0.29, 0.717) is 5.75 Å². The molecule has 4 aromatic carbocycles. The van der Waals surface area contributed by atoms with Crippen LogP contribution in [0, 0.1) is 11.8 Å². The van der Waals surface area contributed by atoms with Crippen LogP contribution in [0.15, 0.2) is 94.7 Å². The smallest absolute Gasteiger partial charge is 0.310 e. The Balaban J connectivity index is 1.67. The van der Waals surface area contributed by atoms with Crippen LogP contribution in [0.25, 0.3) is 0 Å². The van der Waals surface area contributed by atoms with Crippen molar-refractivity contribution in [2.24, 2.45) is 11.8 Å². The first-order valence-electron chi connectivity index (χ1n) is 14.4. The molecule has 228 valence electrons. The van der Waals surface area contributed by atoms with Crippen molar-refractivity contribution in [3.05, 3.63) is 102 Å². The van der Waals surface area contributed by atoms with Crippen LogP contribution in [0.5, 0.6) is 28.7 Å². The predicted molar refractivity (Wildman–Crippen MR) is 171 cm³/mol. The SMILES string of the molecule is COc1cc([C@H]2c3cc(OC(C)C)c(O)cc3C(Sc3ccccc3)(Sc3ccccc3)[C@H]3COC(=O)[C@H]23)cc(OC)c1O. The third-order valence-electron chi connectivity index (χ3n) is 8.05. The van der Waals surface area contributed by atoms with E-state index in [1.54, 1.807) is 41.7 Å². The van der Waals surface area contributed by atoms with E-state index in [9.17, 15) is 15.0 Å². The zero-order valence-corrected chi connectivity index (χ0v) is 26.5. The van der Waals surface area contributed by atoms with Gasteiger partial charge in [0.05, 0.1) is 32.8 Å². The monoisotopic (exact) mass is 630 g/mol. The summed E-state index contributed by atoms with van der Waals surface area (Å²) in [5.41, 5.74) is 2.40. The largest absolute Gasteiger partial charge is 0.504 e. The molecule has 44 heavy (non-hydrogen) atoms. The van der Waals surface area contributed by atoms with Gasteiger partial charge in [-0.1, -0.05) is 36.4 Å². The highest BCUT2D eigenvalue weighted by atomic mass is 32.2. The number of phenolic OH excluding ortho intramolecular Hbond substituents is 2. The number of ether oxygens (including phenoxy) is 4. The molecule has 1 fully saturated rings. The van der Waals surface area contributed by atoms with E-state index < -0.39 is 15.9 Å². The molecule has 2 N–H and O–H groups in total. The summed E-state index contributed by atoms with van der Waals surface area (Å²) in [6, 6.07) is 27.3. The summed E-state index contributed by atoms with van der Waals surface area (Å²) in [4.78, 5) is 15.9. The number of thioether (sulfide) groups is 2. The minimum absolute atomic E-state index is 0.0208. The number of methoxy groups -OCH3 is 2. The summed E-state index contributed by atoms with van der Waals surface area (Å²) in [6.45, 7) is 4.00. The highest BCUT2D eigenvalue weighted by molar-refractivity contribution is 8.17. The molecule has 6 rings (SSSR count). The van der Waals surface area contributed by atoms with Crippen molar-refractivity contribution in [2.45, 2.75) is 39.7 Å². The molecular formula is C35H34O7S2. The molecule has 0 spiro atoms. The van der Waals surface area contributed by atoms with Crippen molar-refractivity contribution in [1.29, 1.82) is 0 Å². The lowest BCUT2D eigenvalue weighted by Crippen LogP contribution is -2.43. The summed E-state index contributed by atoms with van der Waals surface area (Å²) in [5.74, 6) is -1.02. The maximum Gasteiger partial charge on any atom is 0.310 e. The third kappa shape index (κ3) is 5.32. The fraction of sp³-hybridized carbons (Fsp3) is 0.286. The van der Waals surface area contributed by atoms with E-state index >= 15 is 0 Å². The minimum Gasteiger partial charge on any atom is -0.504 e. The van der Waals surface area contributed by atoms with Crippen LogP contribution >= 0.6 is 23.5 Å². The fourth-order valence-electron chi connectivity index (χ4n) is 6.22. The number of cyclic esters (lactones) is 1. The maximum absolute atomic E-state index is 13.9. The number of carbonyl (C=O) groups is 1. The van der Waals surface area contributed by atoms with Gasteiger partial charge in [-0.15, -0.1) is 23.5 Å². The fourth-order valence-corrected chi connectivity index (χ4v) is 9.56. The quantitative estimate of drug-likeness (QED) is 0.143. The molecule has 1 aliphatic heterocycles. The standard InChI is InChI=1S/C35H34O7S2/c1-20(2)42-28-17-24-25(18-27(28)36)35(43-22-11-7-5-8-12-22,44-23-13-9-6-10-14-23)26-19-41-34(38)32(26)31(24)21-15-29(39-3)33(37)30(16-21)40-4/h5-18,20,26,31-32,36-37H,19H2,1-4H3/t26-,31-,32-/m0/s1. The van der Waals surface area contributed by atoms with Gasteiger partial charge in [0.25, 0.3) is 0 Å². The van der Waals surface area contributed by atoms with E-state index in [4.69, 9.17) is 18.9 Å². The molecule has 0 saturated carbocycles. The zero-order valence-electron chi connectivity index (χ0n) is 24.9. The van der Waals surface area contributed by atoms with Crippen LogP contribution in [-0.4, -0.2) is 43.1 Å². The lowest BCUT2D eigenvalue weighted by atomic mass is 9.67. The highest BCUT2D eigenvalue weighted by Crippen LogP contribution is 2.68. The van der Waals surface area contributed by atoms with Crippen LogP contribution in [0.4, 0.5) is 0 Å². The number of rotatable bonds is 9. The summed E-state index contributed by atoms with van der Waals surface area (Å²) >= 11 is 3.32. The molecule has 7 nitrogen and oxygen atoms in total. The summed E-state index contributed by atoms with van der Waals surface area (Å²) in [6.07, 6.45) is -0.193. The van der Waals surface area contributed by atoms with Crippen LogP contribution in [-0.2, 0) is 13.6 Å². The van der Waals surface area contributed by atoms with Gasteiger partial charge in [0.2, 0.25) is 5.75 Å². The number of aromatic hydroxyl groups is 2. The number of benzene rings is 4. The summed E-state index contributed by atoms with van der Waals surface area (Å²) in [5, 5.41) is 22.2. The van der Waals surface area contributed by atoms with Crippen molar-refractivity contribution in [2.75, 3.05) is 20.8 Å². The Labute approximate surface area is 265 Å². The van der Waals surface area contributed by atoms with Crippen molar-refractivity contribution in [3.8, 4) is 28.7 Å². The minimum atomic E-state index is -0.774. The van der Waals surface area contributed by atoms with Gasteiger partial charge in [0.15, 0.2) is 23.0 Å². The van der Waals surface area contributed by atoms with Gasteiger partial charge in [-0.2, -0.15) is 0 Å². The van der Waals surface area contributed by atoms with Gasteiger partial charge < -0.3 is 29.2 Å². The molecule has 1 heterocycles. The molecule has 4 aromatic rings. The lowest BCUT2D eigenvalue weighted by molar-refractivity contribution is -0.141. The zero-order chi connectivity index (χ0) is 31.0. The number of hydrogen-bond acceptors (Lipinski definition) is 9. The first-order valence-corrected chi connectivity index (χ1v) is 16.0. The Morgan fingerprint density at radius 2 is 1.41 bits per heavy atom. The molecule has 0 unspecified atom stereocenters. The molecule has 2 aliphatic rings. The molecule has 1 saturated heterocycles. The van der Waals surface area contributed by atoms with Crippen molar-refractivity contribution in [3.63, 3.8) is 0 Å². The van der Waals surface area contributed by atoms with E-state index in [0.717, 1.165) is 26.5 Å². The molecule has 9 heteroatoms. The number of esters is 1. The van der Waals surface area contributed by atoms with Gasteiger partial charge in [-0.05, 0) is 79.1 Å². The Hall–Kier alpha value is -3.95. The van der Waals surface area contributed by atoms with Crippen molar-refractivity contribution < 1.29 is 34.0 Å². The Morgan fingerprint density at radius 1 is 0.841 bits per heavy atom. The average Bonchev–Trinajstić information content (AvgIpc) is 3.41. The second-order valence-corrected chi connectivity index (χ2v) is 14.0. The molecule has 0 radical (unpaired) electrons. The number of phenols is 2. The third-order valence-corrected chi connectivity index (χ3v) is 11.2. The molecular weight excluding hydrogens is 597 g/mol. The van der Waals surface area contributed by atoms with Crippen molar-refractivity contribution in [1.82, 2.24) is 0 Å². The number of hydrogen-bond donors (Lipinski definition) is 2. The highest BCUT2D eigenvalue weighted by Gasteiger charge is 2.60. The molecule has 0 amide bonds. The van der Waals surface area contributed by atoms with E-state index in [1.165, 1.54) is 14.2 Å². The maximum atomic E-state index is 13.9. The van der Waals surface area contributed by atoms with E-state index in [2.05, 4.69) is 24.3 Å². The average molecular weight is 631 g/mol. The number of carbonyl (C=O) groups excluding carboxylic acids is 1. The van der Waals surface area contributed by atoms with Crippen LogP contribution in [0.1, 0.15) is 36.5 Å². The second-order valence-electron chi connectivity index (χ2n) is 11.1. The topological polar surface area (TPSA) is 94.5 Å². The van der Waals surface area contributed by atoms with Gasteiger partial charge in [0, 0.05) is 21.6 Å². The van der Waals surface area contributed by atoms with Crippen LogP contribution in [0.2, 0.25) is 0 Å². The van der Waals surface area contributed by atoms with Gasteiger partial charge in [0.1, 0.15) is 4.08 Å². The normalized spacial score (nSPS) is 20.0. The van der Waals surface area contributed by atoms with Crippen LogP contribution in [0.3, 0.4) is 0 Å². The van der Waals surface area contributed by atoms with Gasteiger partial charge in [-0.25, -0.2) is 0 Å². The Kier molecular flexibility index (Phi) is 8.35. The Bertz CT molecular complexity index is 1590. The summed E-state index contributed by atoms with van der Waals surface area (Å²) in [7, 11) is 2.95. The second kappa shape index (κ2) is 12.2. The molecule has 1 aliphatic carbocycles. The molecule has 3 atom stereocenters.